The third-order valence-corrected chi connectivity index (χ3v) is 5.93. The number of carbonyl (C=O) groups excluding carboxylic acids is 1. The van der Waals surface area contributed by atoms with Gasteiger partial charge in [0.05, 0.1) is 19.1 Å². The molecule has 0 aromatic carbocycles. The minimum atomic E-state index is -0.0780. The molecule has 0 amide bonds. The van der Waals surface area contributed by atoms with Gasteiger partial charge >= 0.3 is 5.97 Å². The van der Waals surface area contributed by atoms with Gasteiger partial charge in [-0.3, -0.25) is 9.69 Å². The fourth-order valence-electron chi connectivity index (χ4n) is 2.98. The fourth-order valence-corrected chi connectivity index (χ4v) is 2.98. The summed E-state index contributed by atoms with van der Waals surface area (Å²) in [6.07, 6.45) is 2.01. The van der Waals surface area contributed by atoms with E-state index in [1.165, 1.54) is 5.70 Å². The summed E-state index contributed by atoms with van der Waals surface area (Å²) >= 11 is 0. The predicted octanol–water partition coefficient (Wildman–Crippen LogP) is 2.75. The number of nitrogens with one attached hydrogen (secondary N) is 1. The molecule has 0 aromatic heterocycles. The Morgan fingerprint density at radius 2 is 1.79 bits per heavy atom. The molecule has 2 aliphatic heterocycles. The van der Waals surface area contributed by atoms with Gasteiger partial charge in [0.15, 0.2) is 0 Å². The van der Waals surface area contributed by atoms with Crippen molar-refractivity contribution in [3.63, 3.8) is 0 Å². The lowest BCUT2D eigenvalue weighted by atomic mass is 9.86. The molecule has 1 atom stereocenters. The molecule has 0 spiro atoms. The van der Waals surface area contributed by atoms with E-state index in [9.17, 15) is 4.79 Å². The van der Waals surface area contributed by atoms with Crippen molar-refractivity contribution in [1.82, 2.24) is 15.1 Å². The molecule has 2 saturated heterocycles. The highest BCUT2D eigenvalue weighted by atomic mass is 16.5. The van der Waals surface area contributed by atoms with Gasteiger partial charge in [-0.05, 0) is 12.8 Å². The zero-order valence-electron chi connectivity index (χ0n) is 18.9. The summed E-state index contributed by atoms with van der Waals surface area (Å²) in [7, 11) is 0. The number of ether oxygens (including phenoxy) is 2. The van der Waals surface area contributed by atoms with Gasteiger partial charge in [-0.25, -0.2) is 0 Å². The van der Waals surface area contributed by atoms with E-state index in [0.717, 1.165) is 71.9 Å². The first kappa shape index (κ1) is 24.9. The van der Waals surface area contributed by atoms with E-state index < -0.39 is 0 Å². The third kappa shape index (κ3) is 8.93. The summed E-state index contributed by atoms with van der Waals surface area (Å²) in [6.45, 7) is 24.1. The molecule has 2 rings (SSSR count). The number of piperazine rings is 1. The van der Waals surface area contributed by atoms with Gasteiger partial charge in [0.25, 0.3) is 0 Å². The molecule has 164 valence electrons. The van der Waals surface area contributed by atoms with Gasteiger partial charge in [0.2, 0.25) is 0 Å². The van der Waals surface area contributed by atoms with Crippen LogP contribution in [0.2, 0.25) is 0 Å². The second kappa shape index (κ2) is 13.2. The van der Waals surface area contributed by atoms with Gasteiger partial charge < -0.3 is 19.7 Å². The highest BCUT2D eigenvalue weighted by Crippen LogP contribution is 2.31. The van der Waals surface area contributed by atoms with Gasteiger partial charge in [-0.1, -0.05) is 41.2 Å². The number of carbonyl (C=O) groups is 1. The first-order valence-electron chi connectivity index (χ1n) is 10.9. The summed E-state index contributed by atoms with van der Waals surface area (Å²) < 4.78 is 10.4. The largest absolute Gasteiger partial charge is 0.464 e. The van der Waals surface area contributed by atoms with E-state index in [1.54, 1.807) is 0 Å². The lowest BCUT2D eigenvalue weighted by molar-refractivity contribution is -0.148. The number of allylic oxidation sites excluding steroid dienone is 1. The molecule has 0 saturated carbocycles. The van der Waals surface area contributed by atoms with Gasteiger partial charge in [-0.15, -0.1) is 0 Å². The van der Waals surface area contributed by atoms with Crippen LogP contribution in [0.5, 0.6) is 0 Å². The molecule has 0 bridgehead atoms. The maximum atomic E-state index is 11.4. The second-order valence-corrected chi connectivity index (χ2v) is 8.35. The van der Waals surface area contributed by atoms with Crippen molar-refractivity contribution in [2.45, 2.75) is 47.5 Å². The van der Waals surface area contributed by atoms with Crippen molar-refractivity contribution in [2.75, 3.05) is 65.6 Å². The number of nitrogens with zero attached hydrogens (tertiary/aromatic N) is 2. The molecule has 6 heteroatoms. The zero-order valence-corrected chi connectivity index (χ0v) is 18.9. The Morgan fingerprint density at radius 3 is 2.32 bits per heavy atom. The van der Waals surface area contributed by atoms with Crippen LogP contribution >= 0.6 is 0 Å². The van der Waals surface area contributed by atoms with Crippen molar-refractivity contribution in [2.24, 2.45) is 11.3 Å². The van der Waals surface area contributed by atoms with Crippen LogP contribution in [-0.4, -0.2) is 81.4 Å². The summed E-state index contributed by atoms with van der Waals surface area (Å²) in [6, 6.07) is 0. The molecular formula is C22H43N3O3. The lowest BCUT2D eigenvalue weighted by Gasteiger charge is -2.38. The summed E-state index contributed by atoms with van der Waals surface area (Å²) in [5, 5.41) is 3.36. The van der Waals surface area contributed by atoms with Gasteiger partial charge in [-0.2, -0.15) is 0 Å². The number of hydrogen-bond donors (Lipinski definition) is 1. The van der Waals surface area contributed by atoms with E-state index in [0.29, 0.717) is 6.61 Å². The Kier molecular flexibility index (Phi) is 11.7. The molecule has 0 aromatic rings. The minimum absolute atomic E-state index is 0.0229. The number of morpholine rings is 1. The van der Waals surface area contributed by atoms with Crippen molar-refractivity contribution in [3.8, 4) is 0 Å². The summed E-state index contributed by atoms with van der Waals surface area (Å²) in [5.41, 5.74) is 1.56. The molecule has 0 radical (unpaired) electrons. The fraction of sp³-hybridized carbons (Fsp3) is 0.864. The molecule has 1 N–H and O–H groups in total. The highest BCUT2D eigenvalue weighted by Gasteiger charge is 2.24. The Labute approximate surface area is 172 Å². The van der Waals surface area contributed by atoms with Gasteiger partial charge in [0, 0.05) is 56.9 Å². The minimum Gasteiger partial charge on any atom is -0.464 e. The van der Waals surface area contributed by atoms with E-state index in [1.807, 2.05) is 13.8 Å². The summed E-state index contributed by atoms with van der Waals surface area (Å²) in [5.74, 6) is -0.0551. The normalized spacial score (nSPS) is 19.4. The first-order chi connectivity index (χ1) is 13.3. The molecule has 0 aliphatic carbocycles. The quantitative estimate of drug-likeness (QED) is 0.636. The second-order valence-electron chi connectivity index (χ2n) is 8.35. The third-order valence-electron chi connectivity index (χ3n) is 5.93. The van der Waals surface area contributed by atoms with E-state index in [-0.39, 0.29) is 17.3 Å². The van der Waals surface area contributed by atoms with Crippen LogP contribution < -0.4 is 5.32 Å². The Hall–Kier alpha value is -1.11. The number of esters is 1. The van der Waals surface area contributed by atoms with Crippen molar-refractivity contribution >= 4 is 5.97 Å². The Bertz CT molecular complexity index is 456. The maximum Gasteiger partial charge on any atom is 0.308 e. The smallest absolute Gasteiger partial charge is 0.308 e. The van der Waals surface area contributed by atoms with Crippen LogP contribution in [0.15, 0.2) is 12.3 Å². The molecule has 2 fully saturated rings. The lowest BCUT2D eigenvalue weighted by Crippen LogP contribution is -2.45. The van der Waals surface area contributed by atoms with Crippen LogP contribution in [-0.2, 0) is 14.3 Å². The molecule has 2 aliphatic rings. The van der Waals surface area contributed by atoms with Crippen LogP contribution in [0.4, 0.5) is 0 Å². The van der Waals surface area contributed by atoms with E-state index in [2.05, 4.69) is 42.5 Å². The zero-order chi connectivity index (χ0) is 21.0. The van der Waals surface area contributed by atoms with E-state index in [4.69, 9.17) is 9.47 Å². The van der Waals surface area contributed by atoms with Crippen molar-refractivity contribution < 1.29 is 14.3 Å². The van der Waals surface area contributed by atoms with Crippen LogP contribution in [0.1, 0.15) is 47.5 Å². The highest BCUT2D eigenvalue weighted by molar-refractivity contribution is 5.71. The van der Waals surface area contributed by atoms with Crippen molar-refractivity contribution in [1.29, 1.82) is 0 Å². The topological polar surface area (TPSA) is 54.0 Å². The Balaban J connectivity index is 0.000000283. The molecule has 28 heavy (non-hydrogen) atoms. The first-order valence-corrected chi connectivity index (χ1v) is 10.9. The molecular weight excluding hydrogens is 354 g/mol. The standard InChI is InChI=1S/C11H22N2.C11H21NO3/c1-5-11(3,4)10(2)13-8-6-12-7-9-13;1-3-10(2)11(13)15-9-6-12-4-7-14-8-5-12/h12H,2,5-9H2,1,3-4H3;10H,3-9H2,1-2H3. The molecule has 1 unspecified atom stereocenters. The Morgan fingerprint density at radius 1 is 1.18 bits per heavy atom. The summed E-state index contributed by atoms with van der Waals surface area (Å²) in [4.78, 5) is 16.0. The van der Waals surface area contributed by atoms with Gasteiger partial charge in [0.1, 0.15) is 6.61 Å². The van der Waals surface area contributed by atoms with Crippen LogP contribution in [0, 0.1) is 11.3 Å². The SMILES string of the molecule is C=C(N1CCNCC1)C(C)(C)CC.CCC(C)C(=O)OCCN1CCOCC1. The number of rotatable bonds is 8. The van der Waals surface area contributed by atoms with Crippen LogP contribution in [0.25, 0.3) is 0 Å². The van der Waals surface area contributed by atoms with E-state index >= 15 is 0 Å². The average Bonchev–Trinajstić information content (AvgIpc) is 2.74. The molecule has 6 nitrogen and oxygen atoms in total. The molecule has 2 heterocycles. The monoisotopic (exact) mass is 397 g/mol. The van der Waals surface area contributed by atoms with Crippen LogP contribution in [0.3, 0.4) is 0 Å². The maximum absolute atomic E-state index is 11.4. The average molecular weight is 398 g/mol. The predicted molar refractivity (Wildman–Crippen MR) is 115 cm³/mol. The number of hydrogen-bond acceptors (Lipinski definition) is 6. The van der Waals surface area contributed by atoms with Crippen molar-refractivity contribution in [3.05, 3.63) is 12.3 Å².